The van der Waals surface area contributed by atoms with Crippen molar-refractivity contribution in [1.82, 2.24) is 20.8 Å². The first-order valence-corrected chi connectivity index (χ1v) is 8.72. The van der Waals surface area contributed by atoms with Gasteiger partial charge in [0.2, 0.25) is 5.91 Å². The molecule has 0 unspecified atom stereocenters. The number of carbonyl (C=O) groups is 2. The largest absolute Gasteiger partial charge is 0.356 e. The number of thiazole rings is 1. The van der Waals surface area contributed by atoms with Crippen LogP contribution in [0.25, 0.3) is 10.6 Å². The Bertz CT molecular complexity index is 860. The zero-order chi connectivity index (χ0) is 16.9. The van der Waals surface area contributed by atoms with Crippen LogP contribution < -0.4 is 10.9 Å². The molecule has 0 fully saturated rings. The molecule has 0 bridgehead atoms. The average Bonchev–Trinajstić information content (AvgIpc) is 3.23. The summed E-state index contributed by atoms with van der Waals surface area (Å²) in [4.78, 5) is 31.0. The highest BCUT2D eigenvalue weighted by Gasteiger charge is 2.11. The second kappa shape index (κ2) is 7.41. The number of amides is 2. The van der Waals surface area contributed by atoms with E-state index in [4.69, 9.17) is 0 Å². The van der Waals surface area contributed by atoms with Gasteiger partial charge in [0.05, 0.1) is 12.1 Å². The number of H-pyrrole nitrogens is 1. The maximum Gasteiger partial charge on any atom is 0.286 e. The molecule has 0 saturated carbocycles. The lowest BCUT2D eigenvalue weighted by molar-refractivity contribution is -0.121. The van der Waals surface area contributed by atoms with Crippen LogP contribution in [0.2, 0.25) is 0 Å². The summed E-state index contributed by atoms with van der Waals surface area (Å²) in [5.74, 6) is -0.754. The molecule has 6 nitrogen and oxygen atoms in total. The number of halogens is 1. The van der Waals surface area contributed by atoms with E-state index in [1.807, 2.05) is 35.7 Å². The van der Waals surface area contributed by atoms with E-state index in [0.717, 1.165) is 15.0 Å². The number of hydrazine groups is 1. The van der Waals surface area contributed by atoms with Gasteiger partial charge in [0.1, 0.15) is 10.7 Å². The lowest BCUT2D eigenvalue weighted by Gasteiger charge is -2.05. The molecular formula is C16H13BrN4O2S. The lowest BCUT2D eigenvalue weighted by atomic mass is 10.2. The Hall–Kier alpha value is -2.45. The van der Waals surface area contributed by atoms with Crippen LogP contribution in [-0.2, 0) is 11.2 Å². The van der Waals surface area contributed by atoms with E-state index in [1.54, 1.807) is 12.3 Å². The van der Waals surface area contributed by atoms with E-state index < -0.39 is 5.91 Å². The minimum atomic E-state index is -0.419. The highest BCUT2D eigenvalue weighted by molar-refractivity contribution is 9.10. The molecule has 0 aliphatic carbocycles. The fraction of sp³-hybridized carbons (Fsp3) is 0.0625. The number of carbonyl (C=O) groups excluding carboxylic acids is 2. The Kier molecular flexibility index (Phi) is 5.07. The lowest BCUT2D eigenvalue weighted by Crippen LogP contribution is -2.42. The van der Waals surface area contributed by atoms with Crippen LogP contribution in [0.4, 0.5) is 0 Å². The van der Waals surface area contributed by atoms with Gasteiger partial charge in [-0.1, -0.05) is 30.3 Å². The first-order chi connectivity index (χ1) is 11.6. The van der Waals surface area contributed by atoms with Crippen molar-refractivity contribution in [1.29, 1.82) is 0 Å². The summed E-state index contributed by atoms with van der Waals surface area (Å²) in [5.41, 5.74) is 6.76. The van der Waals surface area contributed by atoms with Crippen molar-refractivity contribution < 1.29 is 9.59 Å². The molecule has 1 aromatic carbocycles. The predicted molar refractivity (Wildman–Crippen MR) is 95.4 cm³/mol. The van der Waals surface area contributed by atoms with Gasteiger partial charge >= 0.3 is 0 Å². The second-order valence-corrected chi connectivity index (χ2v) is 6.69. The molecule has 3 N–H and O–H groups in total. The van der Waals surface area contributed by atoms with E-state index in [9.17, 15) is 9.59 Å². The van der Waals surface area contributed by atoms with E-state index in [0.29, 0.717) is 11.4 Å². The summed E-state index contributed by atoms with van der Waals surface area (Å²) >= 11 is 4.72. The van der Waals surface area contributed by atoms with Gasteiger partial charge < -0.3 is 4.98 Å². The highest BCUT2D eigenvalue weighted by Crippen LogP contribution is 2.23. The fourth-order valence-corrected chi connectivity index (χ4v) is 3.17. The summed E-state index contributed by atoms with van der Waals surface area (Å²) in [7, 11) is 0. The van der Waals surface area contributed by atoms with Gasteiger partial charge in [0, 0.05) is 21.6 Å². The van der Waals surface area contributed by atoms with E-state index in [1.165, 1.54) is 11.3 Å². The molecule has 122 valence electrons. The summed E-state index contributed by atoms with van der Waals surface area (Å²) < 4.78 is 0.759. The molecule has 0 saturated heterocycles. The number of rotatable bonds is 4. The molecule has 0 radical (unpaired) electrons. The predicted octanol–water partition coefficient (Wildman–Crippen LogP) is 2.90. The van der Waals surface area contributed by atoms with Crippen LogP contribution in [0.1, 0.15) is 16.2 Å². The van der Waals surface area contributed by atoms with Crippen LogP contribution in [0.5, 0.6) is 0 Å². The average molecular weight is 405 g/mol. The van der Waals surface area contributed by atoms with E-state index in [-0.39, 0.29) is 12.3 Å². The summed E-state index contributed by atoms with van der Waals surface area (Å²) in [6.07, 6.45) is 1.73. The zero-order valence-corrected chi connectivity index (χ0v) is 14.8. The third kappa shape index (κ3) is 4.09. The van der Waals surface area contributed by atoms with Gasteiger partial charge in [-0.25, -0.2) is 4.98 Å². The van der Waals surface area contributed by atoms with Crippen LogP contribution in [-0.4, -0.2) is 21.8 Å². The zero-order valence-electron chi connectivity index (χ0n) is 12.4. The number of hydrogen-bond acceptors (Lipinski definition) is 4. The maximum atomic E-state index is 11.9. The van der Waals surface area contributed by atoms with Crippen LogP contribution >= 0.6 is 27.3 Å². The number of benzene rings is 1. The summed E-state index contributed by atoms with van der Waals surface area (Å²) in [6, 6.07) is 11.4. The number of aromatic amines is 1. The Morgan fingerprint density at radius 1 is 1.21 bits per heavy atom. The first-order valence-electron chi connectivity index (χ1n) is 7.05. The van der Waals surface area contributed by atoms with Gasteiger partial charge in [-0.3, -0.25) is 20.4 Å². The van der Waals surface area contributed by atoms with Crippen molar-refractivity contribution >= 4 is 39.1 Å². The van der Waals surface area contributed by atoms with Crippen molar-refractivity contribution in [2.24, 2.45) is 0 Å². The second-order valence-electron chi connectivity index (χ2n) is 4.92. The molecule has 2 amide bonds. The molecule has 0 spiro atoms. The molecular weight excluding hydrogens is 392 g/mol. The molecule has 2 aromatic heterocycles. The Balaban J connectivity index is 1.54. The third-order valence-corrected chi connectivity index (χ3v) is 4.52. The van der Waals surface area contributed by atoms with Crippen LogP contribution in [0.15, 0.2) is 52.4 Å². The minimum absolute atomic E-state index is 0.0953. The summed E-state index contributed by atoms with van der Waals surface area (Å²) in [6.45, 7) is 0. The van der Waals surface area contributed by atoms with Crippen molar-refractivity contribution in [3.63, 3.8) is 0 Å². The van der Waals surface area contributed by atoms with Gasteiger partial charge in [0.15, 0.2) is 0 Å². The molecule has 3 aromatic rings. The first kappa shape index (κ1) is 16.4. The molecule has 0 atom stereocenters. The van der Waals surface area contributed by atoms with Crippen molar-refractivity contribution in [3.05, 3.63) is 63.8 Å². The SMILES string of the molecule is O=C(Cc1csc(-c2ccccc2)n1)NNC(=O)c1cc(Br)c[nH]1. The van der Waals surface area contributed by atoms with Crippen LogP contribution in [0, 0.1) is 0 Å². The molecule has 0 aliphatic heterocycles. The Labute approximate surface area is 150 Å². The standard InChI is InChI=1S/C16H13BrN4O2S/c17-11-6-13(18-8-11)15(23)21-20-14(22)7-12-9-24-16(19-12)10-4-2-1-3-5-10/h1-6,8-9,18H,7H2,(H,20,22)(H,21,23). The van der Waals surface area contributed by atoms with Gasteiger partial charge in [0.25, 0.3) is 5.91 Å². The summed E-state index contributed by atoms with van der Waals surface area (Å²) in [5, 5.41) is 2.70. The maximum absolute atomic E-state index is 11.9. The quantitative estimate of drug-likeness (QED) is 0.584. The number of nitrogens with one attached hydrogen (secondary N) is 3. The highest BCUT2D eigenvalue weighted by atomic mass is 79.9. The van der Waals surface area contributed by atoms with Gasteiger partial charge in [-0.05, 0) is 22.0 Å². The number of aromatic nitrogens is 2. The molecule has 0 aliphatic rings. The molecule has 8 heteroatoms. The Morgan fingerprint density at radius 3 is 2.71 bits per heavy atom. The number of hydrogen-bond donors (Lipinski definition) is 3. The fourth-order valence-electron chi connectivity index (χ4n) is 2.00. The van der Waals surface area contributed by atoms with E-state index >= 15 is 0 Å². The van der Waals surface area contributed by atoms with E-state index in [2.05, 4.69) is 36.7 Å². The van der Waals surface area contributed by atoms with Crippen molar-refractivity contribution in [2.75, 3.05) is 0 Å². The molecule has 24 heavy (non-hydrogen) atoms. The monoisotopic (exact) mass is 404 g/mol. The van der Waals surface area contributed by atoms with Crippen molar-refractivity contribution in [3.8, 4) is 10.6 Å². The van der Waals surface area contributed by atoms with Crippen LogP contribution in [0.3, 0.4) is 0 Å². The normalized spacial score (nSPS) is 10.4. The smallest absolute Gasteiger partial charge is 0.286 e. The van der Waals surface area contributed by atoms with Gasteiger partial charge in [-0.15, -0.1) is 11.3 Å². The van der Waals surface area contributed by atoms with Crippen molar-refractivity contribution in [2.45, 2.75) is 6.42 Å². The molecule has 2 heterocycles. The topological polar surface area (TPSA) is 86.9 Å². The molecule has 3 rings (SSSR count). The van der Waals surface area contributed by atoms with Gasteiger partial charge in [-0.2, -0.15) is 0 Å². The minimum Gasteiger partial charge on any atom is -0.356 e. The third-order valence-electron chi connectivity index (χ3n) is 3.12. The number of nitrogens with zero attached hydrogens (tertiary/aromatic N) is 1. The Morgan fingerprint density at radius 2 is 2.00 bits per heavy atom.